The second kappa shape index (κ2) is 8.07. The Morgan fingerprint density at radius 1 is 1.07 bits per heavy atom. The molecule has 0 bridgehead atoms. The third kappa shape index (κ3) is 4.29. The summed E-state index contributed by atoms with van der Waals surface area (Å²) in [6, 6.07) is 16.5. The van der Waals surface area contributed by atoms with Gasteiger partial charge >= 0.3 is 0 Å². The van der Waals surface area contributed by atoms with Crippen molar-refractivity contribution in [2.24, 2.45) is 0 Å². The highest BCUT2D eigenvalue weighted by atomic mass is 32.2. The molecule has 0 radical (unpaired) electrons. The molecule has 28 heavy (non-hydrogen) atoms. The fraction of sp³-hybridized carbons (Fsp3) is 0.364. The molecule has 0 saturated heterocycles. The second-order valence-electron chi connectivity index (χ2n) is 7.70. The van der Waals surface area contributed by atoms with Gasteiger partial charge in [-0.25, -0.2) is 4.72 Å². The molecule has 1 aromatic heterocycles. The van der Waals surface area contributed by atoms with E-state index in [-0.39, 0.29) is 12.0 Å². The van der Waals surface area contributed by atoms with Gasteiger partial charge in [0.2, 0.25) is 0 Å². The summed E-state index contributed by atoms with van der Waals surface area (Å²) in [6.45, 7) is 2.37. The molecule has 5 nitrogen and oxygen atoms in total. The van der Waals surface area contributed by atoms with Crippen molar-refractivity contribution in [3.05, 3.63) is 71.4 Å². The van der Waals surface area contributed by atoms with Gasteiger partial charge in [-0.15, -0.1) is 0 Å². The van der Waals surface area contributed by atoms with Crippen molar-refractivity contribution >= 4 is 21.1 Å². The Bertz CT molecular complexity index is 1040. The van der Waals surface area contributed by atoms with Crippen molar-refractivity contribution in [2.75, 3.05) is 6.54 Å². The molecule has 1 atom stereocenters. The van der Waals surface area contributed by atoms with Gasteiger partial charge in [0.05, 0.1) is 0 Å². The number of nitrogens with one attached hydrogen (secondary N) is 3. The van der Waals surface area contributed by atoms with Gasteiger partial charge in [0.15, 0.2) is 0 Å². The van der Waals surface area contributed by atoms with Crippen LogP contribution < -0.4 is 9.44 Å². The van der Waals surface area contributed by atoms with E-state index in [1.54, 1.807) is 0 Å². The van der Waals surface area contributed by atoms with Crippen molar-refractivity contribution in [2.45, 2.75) is 44.6 Å². The van der Waals surface area contributed by atoms with Crippen LogP contribution >= 0.6 is 0 Å². The lowest BCUT2D eigenvalue weighted by molar-refractivity contribution is 0.536. The maximum Gasteiger partial charge on any atom is 0.277 e. The van der Waals surface area contributed by atoms with Crippen molar-refractivity contribution in [1.82, 2.24) is 14.4 Å². The maximum absolute atomic E-state index is 12.6. The average Bonchev–Trinajstić information content (AvgIpc) is 3.33. The number of H-pyrrole nitrogens is 1. The van der Waals surface area contributed by atoms with Gasteiger partial charge in [-0.1, -0.05) is 60.9 Å². The quantitative estimate of drug-likeness (QED) is 0.564. The van der Waals surface area contributed by atoms with Crippen LogP contribution in [0.3, 0.4) is 0 Å². The molecule has 3 aromatic rings. The van der Waals surface area contributed by atoms with Crippen LogP contribution in [0.5, 0.6) is 0 Å². The van der Waals surface area contributed by atoms with Gasteiger partial charge < -0.3 is 4.98 Å². The number of fused-ring (bicyclic) bond motifs is 1. The van der Waals surface area contributed by atoms with Crippen LogP contribution in [0.15, 0.2) is 54.7 Å². The number of aromatic nitrogens is 1. The zero-order chi connectivity index (χ0) is 19.6. The summed E-state index contributed by atoms with van der Waals surface area (Å²) < 4.78 is 30.8. The molecule has 1 aliphatic carbocycles. The molecule has 0 spiro atoms. The van der Waals surface area contributed by atoms with Gasteiger partial charge in [-0.3, -0.25) is 0 Å². The van der Waals surface area contributed by atoms with Crippen LogP contribution in [0.1, 0.15) is 48.3 Å². The Balaban J connectivity index is 1.61. The van der Waals surface area contributed by atoms with Crippen LogP contribution in [0.25, 0.3) is 10.9 Å². The number of rotatable bonds is 7. The van der Waals surface area contributed by atoms with E-state index >= 15 is 0 Å². The number of aromatic amines is 1. The summed E-state index contributed by atoms with van der Waals surface area (Å²) in [5.41, 5.74) is 4.44. The number of para-hydroxylation sites is 1. The topological polar surface area (TPSA) is 74.0 Å². The van der Waals surface area contributed by atoms with Gasteiger partial charge in [-0.05, 0) is 37.0 Å². The molecular formula is C22H27N3O2S. The van der Waals surface area contributed by atoms with Crippen molar-refractivity contribution in [3.8, 4) is 0 Å². The smallest absolute Gasteiger partial charge is 0.277 e. The predicted molar refractivity (Wildman–Crippen MR) is 114 cm³/mol. The number of hydrogen-bond acceptors (Lipinski definition) is 2. The molecule has 6 heteroatoms. The van der Waals surface area contributed by atoms with Crippen molar-refractivity contribution in [3.63, 3.8) is 0 Å². The van der Waals surface area contributed by atoms with Crippen LogP contribution in [0.2, 0.25) is 0 Å². The summed E-state index contributed by atoms with van der Waals surface area (Å²) in [4.78, 5) is 3.31. The molecule has 2 aromatic carbocycles. The van der Waals surface area contributed by atoms with E-state index in [4.69, 9.17) is 0 Å². The first-order valence-corrected chi connectivity index (χ1v) is 11.4. The van der Waals surface area contributed by atoms with E-state index in [1.807, 2.05) is 24.4 Å². The minimum atomic E-state index is -3.53. The molecule has 148 valence electrons. The van der Waals surface area contributed by atoms with E-state index < -0.39 is 10.2 Å². The summed E-state index contributed by atoms with van der Waals surface area (Å²) >= 11 is 0. The summed E-state index contributed by atoms with van der Waals surface area (Å²) in [5, 5.41) is 1.12. The number of aryl methyl sites for hydroxylation is 1. The van der Waals surface area contributed by atoms with Crippen LogP contribution in [-0.2, 0) is 10.2 Å². The highest BCUT2D eigenvalue weighted by Crippen LogP contribution is 2.31. The van der Waals surface area contributed by atoms with Gasteiger partial charge in [-0.2, -0.15) is 13.1 Å². The standard InChI is InChI=1S/C22H27N3O2S/c1-16-10-12-17(13-11-16)20(21-14-23-22-9-5-4-8-19(21)22)15-24-28(26,27)25-18-6-2-3-7-18/h4-5,8-14,18,20,23-25H,2-3,6-7,15H2,1H3. The normalized spacial score (nSPS) is 16.6. The molecule has 0 amide bonds. The molecule has 1 heterocycles. The van der Waals surface area contributed by atoms with Gasteiger partial charge in [0, 0.05) is 35.6 Å². The Kier molecular flexibility index (Phi) is 5.53. The first kappa shape index (κ1) is 19.2. The lowest BCUT2D eigenvalue weighted by atomic mass is 9.90. The van der Waals surface area contributed by atoms with E-state index in [2.05, 4.69) is 51.7 Å². The second-order valence-corrected chi connectivity index (χ2v) is 9.24. The van der Waals surface area contributed by atoms with E-state index in [0.29, 0.717) is 6.54 Å². The first-order valence-electron chi connectivity index (χ1n) is 9.91. The third-order valence-electron chi connectivity index (χ3n) is 5.63. The molecule has 1 saturated carbocycles. The summed E-state index contributed by atoms with van der Waals surface area (Å²) in [6.07, 6.45) is 6.02. The highest BCUT2D eigenvalue weighted by Gasteiger charge is 2.24. The van der Waals surface area contributed by atoms with E-state index in [1.165, 1.54) is 5.56 Å². The van der Waals surface area contributed by atoms with Gasteiger partial charge in [0.25, 0.3) is 10.2 Å². The third-order valence-corrected chi connectivity index (χ3v) is 6.82. The molecular weight excluding hydrogens is 370 g/mol. The Morgan fingerprint density at radius 2 is 1.79 bits per heavy atom. The van der Waals surface area contributed by atoms with Crippen LogP contribution in [-0.4, -0.2) is 26.0 Å². The van der Waals surface area contributed by atoms with E-state index in [0.717, 1.165) is 47.7 Å². The Labute approximate surface area is 166 Å². The predicted octanol–water partition coefficient (Wildman–Crippen LogP) is 3.97. The maximum atomic E-state index is 12.6. The zero-order valence-electron chi connectivity index (χ0n) is 16.1. The minimum absolute atomic E-state index is 0.0587. The van der Waals surface area contributed by atoms with Crippen LogP contribution in [0, 0.1) is 6.92 Å². The largest absolute Gasteiger partial charge is 0.361 e. The number of benzene rings is 2. The monoisotopic (exact) mass is 397 g/mol. The molecule has 1 unspecified atom stereocenters. The van der Waals surface area contributed by atoms with Gasteiger partial charge in [0.1, 0.15) is 0 Å². The summed E-state index contributed by atoms with van der Waals surface area (Å²) in [5.74, 6) is -0.0723. The number of hydrogen-bond donors (Lipinski definition) is 3. The zero-order valence-corrected chi connectivity index (χ0v) is 16.9. The molecule has 1 fully saturated rings. The Morgan fingerprint density at radius 3 is 2.54 bits per heavy atom. The van der Waals surface area contributed by atoms with E-state index in [9.17, 15) is 8.42 Å². The fourth-order valence-corrected chi connectivity index (χ4v) is 5.23. The fourth-order valence-electron chi connectivity index (χ4n) is 4.09. The minimum Gasteiger partial charge on any atom is -0.361 e. The Hall–Kier alpha value is -2.15. The average molecular weight is 398 g/mol. The van der Waals surface area contributed by atoms with Crippen molar-refractivity contribution in [1.29, 1.82) is 0 Å². The lowest BCUT2D eigenvalue weighted by Crippen LogP contribution is -2.43. The van der Waals surface area contributed by atoms with Crippen molar-refractivity contribution < 1.29 is 8.42 Å². The molecule has 4 rings (SSSR count). The molecule has 1 aliphatic rings. The summed E-state index contributed by atoms with van der Waals surface area (Å²) in [7, 11) is -3.53. The molecule has 0 aliphatic heterocycles. The first-order chi connectivity index (χ1) is 13.5. The molecule has 3 N–H and O–H groups in total. The lowest BCUT2D eigenvalue weighted by Gasteiger charge is -2.20. The SMILES string of the molecule is Cc1ccc(C(CNS(=O)(=O)NC2CCCC2)c2c[nH]c3ccccc23)cc1. The highest BCUT2D eigenvalue weighted by molar-refractivity contribution is 7.87. The van der Waals surface area contributed by atoms with Crippen LogP contribution in [0.4, 0.5) is 0 Å².